The van der Waals surface area contributed by atoms with Gasteiger partial charge in [-0.1, -0.05) is 99.9 Å². The molecule has 10 nitrogen and oxygen atoms in total. The summed E-state index contributed by atoms with van der Waals surface area (Å²) < 4.78 is 13.8. The van der Waals surface area contributed by atoms with Crippen molar-refractivity contribution in [1.29, 1.82) is 0 Å². The number of esters is 1. The summed E-state index contributed by atoms with van der Waals surface area (Å²) in [5.41, 5.74) is 3.49. The molecule has 14 heteroatoms. The highest BCUT2D eigenvalue weighted by atomic mass is 35.5. The highest BCUT2D eigenvalue weighted by molar-refractivity contribution is 8.01. The molecule has 1 aliphatic rings. The number of carbonyl (C=O) groups is 1. The van der Waals surface area contributed by atoms with Crippen LogP contribution in [0, 0.1) is 0 Å². The van der Waals surface area contributed by atoms with Crippen molar-refractivity contribution < 1.29 is 14.3 Å². The molecule has 2 aromatic heterocycles. The standard InChI is InChI=1S/C29H23Cl2N7O3S2/c1-2-40-27(39)24-23(16-42-29-35-33-26(43-29)18-7-4-3-5-8-18)32-28-34-36-37-38(28)25(24)17-11-13-19(14-12-17)41-15-20-21(30)9-6-10-22(20)31/h3-14,25H,2,15-16H2,1H3,(H,32,34,37). The first-order chi connectivity index (χ1) is 21.0. The van der Waals surface area contributed by atoms with Crippen LogP contribution in [0.1, 0.15) is 24.1 Å². The van der Waals surface area contributed by atoms with Crippen molar-refractivity contribution in [3.05, 3.63) is 105 Å². The second-order valence-electron chi connectivity index (χ2n) is 9.17. The van der Waals surface area contributed by atoms with E-state index in [9.17, 15) is 4.79 Å². The third kappa shape index (κ3) is 6.37. The number of anilines is 1. The molecule has 0 aliphatic carbocycles. The summed E-state index contributed by atoms with van der Waals surface area (Å²) >= 11 is 15.5. The lowest BCUT2D eigenvalue weighted by Crippen LogP contribution is -2.31. The van der Waals surface area contributed by atoms with E-state index in [1.807, 2.05) is 54.6 Å². The molecule has 1 unspecified atom stereocenters. The lowest BCUT2D eigenvalue weighted by molar-refractivity contribution is -0.139. The lowest BCUT2D eigenvalue weighted by atomic mass is 9.95. The molecule has 43 heavy (non-hydrogen) atoms. The van der Waals surface area contributed by atoms with Gasteiger partial charge in [-0.05, 0) is 47.2 Å². The summed E-state index contributed by atoms with van der Waals surface area (Å²) in [7, 11) is 0. The summed E-state index contributed by atoms with van der Waals surface area (Å²) in [5, 5.41) is 26.0. The maximum Gasteiger partial charge on any atom is 0.338 e. The smallest absolute Gasteiger partial charge is 0.338 e. The van der Waals surface area contributed by atoms with Gasteiger partial charge in [-0.2, -0.15) is 4.68 Å². The number of halogens is 2. The third-order valence-corrected chi connectivity index (χ3v) is 9.34. The van der Waals surface area contributed by atoms with Crippen LogP contribution < -0.4 is 10.1 Å². The Balaban J connectivity index is 1.27. The van der Waals surface area contributed by atoms with Crippen LogP contribution >= 0.6 is 46.3 Å². The molecule has 0 saturated heterocycles. The number of aromatic nitrogens is 6. The molecule has 0 saturated carbocycles. The number of nitrogens with zero attached hydrogens (tertiary/aromatic N) is 6. The van der Waals surface area contributed by atoms with Crippen molar-refractivity contribution in [2.45, 2.75) is 23.9 Å². The first-order valence-electron chi connectivity index (χ1n) is 13.1. The number of ether oxygens (including phenoxy) is 2. The van der Waals surface area contributed by atoms with Gasteiger partial charge in [-0.15, -0.1) is 10.2 Å². The molecule has 218 valence electrons. The van der Waals surface area contributed by atoms with Crippen LogP contribution in [0.5, 0.6) is 5.75 Å². The molecule has 0 bridgehead atoms. The van der Waals surface area contributed by atoms with Gasteiger partial charge in [0.05, 0.1) is 12.2 Å². The molecule has 0 fully saturated rings. The van der Waals surface area contributed by atoms with Gasteiger partial charge in [0.1, 0.15) is 23.4 Å². The number of carbonyl (C=O) groups excluding carboxylic acids is 1. The predicted molar refractivity (Wildman–Crippen MR) is 167 cm³/mol. The van der Waals surface area contributed by atoms with Gasteiger partial charge < -0.3 is 14.8 Å². The van der Waals surface area contributed by atoms with Crippen LogP contribution in [0.15, 0.2) is 88.4 Å². The topological polar surface area (TPSA) is 117 Å². The highest BCUT2D eigenvalue weighted by Crippen LogP contribution is 2.38. The number of thioether (sulfide) groups is 1. The number of tetrazole rings is 1. The van der Waals surface area contributed by atoms with E-state index in [1.54, 1.807) is 29.8 Å². The molecule has 1 aliphatic heterocycles. The molecule has 0 spiro atoms. The van der Waals surface area contributed by atoms with Crippen molar-refractivity contribution in [2.75, 3.05) is 17.7 Å². The zero-order valence-corrected chi connectivity index (χ0v) is 25.8. The molecule has 1 atom stereocenters. The van der Waals surface area contributed by atoms with Crippen molar-refractivity contribution >= 4 is 58.2 Å². The van der Waals surface area contributed by atoms with Crippen molar-refractivity contribution in [3.8, 4) is 16.3 Å². The van der Waals surface area contributed by atoms with Crippen LogP contribution in [-0.2, 0) is 16.1 Å². The summed E-state index contributed by atoms with van der Waals surface area (Å²) in [4.78, 5) is 13.4. The predicted octanol–water partition coefficient (Wildman–Crippen LogP) is 6.70. The van der Waals surface area contributed by atoms with E-state index in [2.05, 4.69) is 31.0 Å². The van der Waals surface area contributed by atoms with E-state index in [0.717, 1.165) is 20.5 Å². The Hall–Kier alpha value is -3.97. The van der Waals surface area contributed by atoms with E-state index < -0.39 is 12.0 Å². The van der Waals surface area contributed by atoms with Crippen LogP contribution in [0.4, 0.5) is 5.95 Å². The summed E-state index contributed by atoms with van der Waals surface area (Å²) in [6.07, 6.45) is 0. The Bertz CT molecular complexity index is 1760. The normalized spacial score (nSPS) is 14.3. The fourth-order valence-electron chi connectivity index (χ4n) is 4.48. The number of rotatable bonds is 10. The fourth-order valence-corrected chi connectivity index (χ4v) is 6.81. The maximum atomic E-state index is 13.4. The summed E-state index contributed by atoms with van der Waals surface area (Å²) in [6, 6.07) is 21.9. The molecule has 3 aromatic carbocycles. The fraction of sp³-hybridized carbons (Fsp3) is 0.172. The van der Waals surface area contributed by atoms with E-state index in [-0.39, 0.29) is 13.2 Å². The monoisotopic (exact) mass is 651 g/mol. The number of hydrogen-bond acceptors (Lipinski definition) is 11. The van der Waals surface area contributed by atoms with E-state index in [4.69, 9.17) is 32.7 Å². The Morgan fingerprint density at radius 1 is 1.00 bits per heavy atom. The largest absolute Gasteiger partial charge is 0.489 e. The number of nitrogens with one attached hydrogen (secondary N) is 1. The molecular weight excluding hydrogens is 629 g/mol. The van der Waals surface area contributed by atoms with Crippen molar-refractivity contribution in [3.63, 3.8) is 0 Å². The summed E-state index contributed by atoms with van der Waals surface area (Å²) in [5.74, 6) is 0.937. The van der Waals surface area contributed by atoms with Gasteiger partial charge in [0, 0.05) is 32.6 Å². The quantitative estimate of drug-likeness (QED) is 0.129. The van der Waals surface area contributed by atoms with Crippen LogP contribution in [0.25, 0.3) is 10.6 Å². The van der Waals surface area contributed by atoms with Gasteiger partial charge in [0.25, 0.3) is 0 Å². The van der Waals surface area contributed by atoms with Crippen LogP contribution in [-0.4, -0.2) is 48.7 Å². The van der Waals surface area contributed by atoms with Crippen molar-refractivity contribution in [1.82, 2.24) is 30.4 Å². The van der Waals surface area contributed by atoms with E-state index in [0.29, 0.717) is 44.3 Å². The zero-order valence-electron chi connectivity index (χ0n) is 22.6. The second kappa shape index (κ2) is 13.1. The molecule has 1 N–H and O–H groups in total. The first-order valence-corrected chi connectivity index (χ1v) is 15.7. The highest BCUT2D eigenvalue weighted by Gasteiger charge is 2.36. The molecular formula is C29H23Cl2N7O3S2. The van der Waals surface area contributed by atoms with E-state index in [1.165, 1.54) is 23.1 Å². The third-order valence-electron chi connectivity index (χ3n) is 6.50. The van der Waals surface area contributed by atoms with Crippen LogP contribution in [0.2, 0.25) is 10.0 Å². The maximum absolute atomic E-state index is 13.4. The number of fused-ring (bicyclic) bond motifs is 1. The van der Waals surface area contributed by atoms with Gasteiger partial charge in [0.2, 0.25) is 5.95 Å². The van der Waals surface area contributed by atoms with Crippen molar-refractivity contribution in [2.24, 2.45) is 0 Å². The Kier molecular flexibility index (Phi) is 8.89. The molecule has 0 amide bonds. The summed E-state index contributed by atoms with van der Waals surface area (Å²) in [6.45, 7) is 2.19. The number of benzene rings is 3. The second-order valence-corrected chi connectivity index (χ2v) is 12.2. The lowest BCUT2D eigenvalue weighted by Gasteiger charge is -2.28. The van der Waals surface area contributed by atoms with E-state index >= 15 is 0 Å². The molecule has 5 aromatic rings. The minimum atomic E-state index is -0.637. The Morgan fingerprint density at radius 2 is 1.77 bits per heavy atom. The zero-order chi connectivity index (χ0) is 29.8. The van der Waals surface area contributed by atoms with Crippen LogP contribution in [0.3, 0.4) is 0 Å². The molecule has 3 heterocycles. The first kappa shape index (κ1) is 29.1. The molecule has 0 radical (unpaired) electrons. The Labute approximate surface area is 265 Å². The number of hydrogen-bond donors (Lipinski definition) is 1. The SMILES string of the molecule is CCOC(=O)C1=C(CSc2nnc(-c3ccccc3)s2)Nc2nnnn2C1c1ccc(OCc2c(Cl)cccc2Cl)cc1. The average molecular weight is 653 g/mol. The van der Waals surface area contributed by atoms with Gasteiger partial charge >= 0.3 is 5.97 Å². The Morgan fingerprint density at radius 3 is 2.51 bits per heavy atom. The van der Waals surface area contributed by atoms with Gasteiger partial charge in [0.15, 0.2) is 4.34 Å². The minimum Gasteiger partial charge on any atom is -0.489 e. The average Bonchev–Trinajstić information content (AvgIpc) is 3.70. The molecule has 6 rings (SSSR count). The van der Waals surface area contributed by atoms with Gasteiger partial charge in [-0.3, -0.25) is 0 Å². The minimum absolute atomic E-state index is 0.204. The van der Waals surface area contributed by atoms with Gasteiger partial charge in [-0.25, -0.2) is 4.79 Å².